The Labute approximate surface area is 253 Å². The minimum Gasteiger partial charge on any atom is -0.463 e. The second kappa shape index (κ2) is 11.9. The minimum atomic E-state index is -1.46. The summed E-state index contributed by atoms with van der Waals surface area (Å²) in [5.41, 5.74) is -0.133. The number of aliphatic hydroxyl groups is 1. The van der Waals surface area contributed by atoms with Gasteiger partial charge in [0.05, 0.1) is 30.6 Å². The number of nitrogens with one attached hydrogen (secondary N) is 1. The van der Waals surface area contributed by atoms with E-state index in [0.717, 1.165) is 5.56 Å². The molecule has 0 unspecified atom stereocenters. The third-order valence-electron chi connectivity index (χ3n) is 8.55. The summed E-state index contributed by atoms with van der Waals surface area (Å²) in [6.45, 7) is -0.335. The number of aliphatic hydroxyl groups excluding tert-OH is 1. The number of ether oxygens (including phenoxy) is 2. The number of amides is 3. The van der Waals surface area contributed by atoms with Crippen LogP contribution in [0.3, 0.4) is 0 Å². The molecule has 0 bridgehead atoms. The van der Waals surface area contributed by atoms with Crippen LogP contribution in [-0.2, 0) is 28.7 Å². The maximum absolute atomic E-state index is 14.3. The number of nitrogens with zero attached hydrogens (tertiary/aromatic N) is 2. The molecule has 10 nitrogen and oxygen atoms in total. The molecule has 4 heterocycles. The fourth-order valence-electron chi connectivity index (χ4n) is 6.64. The molecule has 2 fully saturated rings. The molecule has 2 aromatic rings. The smallest absolute Gasteiger partial charge is 0.306 e. The number of esters is 1. The number of hydrogen-bond donors (Lipinski definition) is 2. The quantitative estimate of drug-likeness (QED) is 0.405. The van der Waals surface area contributed by atoms with Crippen molar-refractivity contribution in [3.05, 3.63) is 89.5 Å². The number of carbonyl (C=O) groups is 4. The van der Waals surface area contributed by atoms with Crippen molar-refractivity contribution in [3.8, 4) is 0 Å². The molecule has 224 valence electrons. The van der Waals surface area contributed by atoms with Crippen LogP contribution < -0.4 is 10.2 Å². The highest BCUT2D eigenvalue weighted by molar-refractivity contribution is 6.30. The third-order valence-corrected chi connectivity index (χ3v) is 8.80. The number of fused-ring (bicyclic) bond motifs is 2. The molecule has 0 aliphatic carbocycles. The van der Waals surface area contributed by atoms with E-state index in [1.54, 1.807) is 53.5 Å². The van der Waals surface area contributed by atoms with E-state index in [-0.39, 0.29) is 38.6 Å². The first-order valence-corrected chi connectivity index (χ1v) is 14.7. The maximum atomic E-state index is 14.3. The normalized spacial score (nSPS) is 31.6. The number of allylic oxidation sites excluding steroid dienone is 1. The van der Waals surface area contributed by atoms with Gasteiger partial charge in [0.25, 0.3) is 5.91 Å². The highest BCUT2D eigenvalue weighted by Crippen LogP contribution is 2.53. The van der Waals surface area contributed by atoms with Crippen LogP contribution >= 0.6 is 11.6 Å². The Hall–Kier alpha value is -3.99. The number of hydrogen-bond acceptors (Lipinski definition) is 7. The van der Waals surface area contributed by atoms with Crippen LogP contribution in [0, 0.1) is 11.8 Å². The van der Waals surface area contributed by atoms with Crippen molar-refractivity contribution in [3.63, 3.8) is 0 Å². The number of cyclic esters (lactones) is 1. The third kappa shape index (κ3) is 5.24. The van der Waals surface area contributed by atoms with Crippen LogP contribution in [-0.4, -0.2) is 77.7 Å². The molecule has 3 amide bonds. The topological polar surface area (TPSA) is 125 Å². The summed E-state index contributed by atoms with van der Waals surface area (Å²) < 4.78 is 12.1. The monoisotopic (exact) mass is 605 g/mol. The number of halogens is 1. The van der Waals surface area contributed by atoms with E-state index >= 15 is 0 Å². The predicted octanol–water partition coefficient (Wildman–Crippen LogP) is 2.57. The van der Waals surface area contributed by atoms with Crippen molar-refractivity contribution in [2.75, 3.05) is 31.2 Å². The van der Waals surface area contributed by atoms with E-state index in [9.17, 15) is 24.3 Å². The molecule has 1 spiro atoms. The summed E-state index contributed by atoms with van der Waals surface area (Å²) in [7, 11) is 0. The number of anilines is 1. The first-order valence-electron chi connectivity index (χ1n) is 14.4. The number of rotatable bonds is 4. The molecule has 2 aromatic carbocycles. The summed E-state index contributed by atoms with van der Waals surface area (Å²) in [5.74, 6) is -3.71. The van der Waals surface area contributed by atoms with Crippen molar-refractivity contribution in [2.45, 2.75) is 36.6 Å². The van der Waals surface area contributed by atoms with Gasteiger partial charge < -0.3 is 29.7 Å². The second-order valence-electron chi connectivity index (χ2n) is 11.0. The molecule has 6 atom stereocenters. The van der Waals surface area contributed by atoms with Gasteiger partial charge in [0.15, 0.2) is 0 Å². The zero-order valence-electron chi connectivity index (χ0n) is 23.3. The Balaban J connectivity index is 1.41. The van der Waals surface area contributed by atoms with Gasteiger partial charge in [0.2, 0.25) is 11.8 Å². The van der Waals surface area contributed by atoms with Gasteiger partial charge >= 0.3 is 5.97 Å². The molecule has 43 heavy (non-hydrogen) atoms. The number of carbonyl (C=O) groups excluding carboxylic acids is 4. The zero-order valence-corrected chi connectivity index (χ0v) is 24.1. The predicted molar refractivity (Wildman–Crippen MR) is 157 cm³/mol. The summed E-state index contributed by atoms with van der Waals surface area (Å²) >= 11 is 6.09. The van der Waals surface area contributed by atoms with E-state index in [1.165, 1.54) is 4.90 Å². The average Bonchev–Trinajstić information content (AvgIpc) is 3.38. The van der Waals surface area contributed by atoms with E-state index in [1.807, 2.05) is 30.3 Å². The van der Waals surface area contributed by atoms with Crippen LogP contribution in [0.25, 0.3) is 0 Å². The standard InChI is InChI=1S/C32H32ClN3O7/c33-21-11-13-22(14-12-21)35-16-6-15-32-27(30(40)36(17-18-37)28(32)31(35)41)26-24(43-32)9-4-5-10-25(38)42-19-23(34-29(26)39)20-7-2-1-3-8-20/h1-4,6-9,11-15,23-24,26-28,37H,5,10,16-19H2,(H,34,39)/b9-4-/t23-,24+,26-,27-,28+,32-/m0/s1. The van der Waals surface area contributed by atoms with Gasteiger partial charge in [-0.1, -0.05) is 66.2 Å². The Morgan fingerprint density at radius 2 is 1.77 bits per heavy atom. The lowest BCUT2D eigenvalue weighted by atomic mass is 9.77. The largest absolute Gasteiger partial charge is 0.463 e. The maximum Gasteiger partial charge on any atom is 0.306 e. The van der Waals surface area contributed by atoms with Crippen molar-refractivity contribution in [1.29, 1.82) is 0 Å². The van der Waals surface area contributed by atoms with E-state index in [4.69, 9.17) is 21.1 Å². The molecule has 11 heteroatoms. The Morgan fingerprint density at radius 1 is 1.00 bits per heavy atom. The highest BCUT2D eigenvalue weighted by Gasteiger charge is 2.71. The fourth-order valence-corrected chi connectivity index (χ4v) is 6.76. The molecular formula is C32H32ClN3O7. The molecular weight excluding hydrogens is 574 g/mol. The Bertz CT molecular complexity index is 1460. The molecule has 6 rings (SSSR count). The van der Waals surface area contributed by atoms with E-state index < -0.39 is 53.4 Å². The average molecular weight is 606 g/mol. The van der Waals surface area contributed by atoms with E-state index in [2.05, 4.69) is 5.32 Å². The van der Waals surface area contributed by atoms with Gasteiger partial charge in [-0.3, -0.25) is 19.2 Å². The van der Waals surface area contributed by atoms with Crippen LogP contribution in [0.5, 0.6) is 0 Å². The molecule has 2 saturated heterocycles. The lowest BCUT2D eigenvalue weighted by molar-refractivity contribution is -0.146. The number of benzene rings is 2. The second-order valence-corrected chi connectivity index (χ2v) is 11.5. The number of β-amino-alcohol motifs (C(OH)–C–C–N with tert-alkyl or cyclic N) is 1. The Kier molecular flexibility index (Phi) is 8.09. The number of likely N-dealkylation sites (tertiary alicyclic amines) is 1. The summed E-state index contributed by atoms with van der Waals surface area (Å²) in [6.07, 6.45) is 6.60. The van der Waals surface area contributed by atoms with Gasteiger partial charge in [0.1, 0.15) is 18.2 Å². The minimum absolute atomic E-state index is 0.0754. The molecule has 2 N–H and O–H groups in total. The van der Waals surface area contributed by atoms with Crippen molar-refractivity contribution >= 4 is 41.0 Å². The summed E-state index contributed by atoms with van der Waals surface area (Å²) in [4.78, 5) is 57.9. The van der Waals surface area contributed by atoms with Crippen molar-refractivity contribution < 1.29 is 33.8 Å². The molecule has 0 aromatic heterocycles. The summed E-state index contributed by atoms with van der Waals surface area (Å²) in [6, 6.07) is 14.2. The van der Waals surface area contributed by atoms with Crippen molar-refractivity contribution in [1.82, 2.24) is 10.2 Å². The lowest BCUT2D eigenvalue weighted by Gasteiger charge is -2.35. The molecule has 0 saturated carbocycles. The van der Waals surface area contributed by atoms with Crippen LogP contribution in [0.4, 0.5) is 5.69 Å². The Morgan fingerprint density at radius 3 is 2.51 bits per heavy atom. The van der Waals surface area contributed by atoms with Gasteiger partial charge in [0, 0.05) is 30.2 Å². The van der Waals surface area contributed by atoms with Gasteiger partial charge in [-0.25, -0.2) is 0 Å². The van der Waals surface area contributed by atoms with Crippen molar-refractivity contribution in [2.24, 2.45) is 11.8 Å². The molecule has 4 aliphatic rings. The van der Waals surface area contributed by atoms with Gasteiger partial charge in [-0.2, -0.15) is 0 Å². The van der Waals surface area contributed by atoms with E-state index in [0.29, 0.717) is 17.1 Å². The highest BCUT2D eigenvalue weighted by atomic mass is 35.5. The molecule has 4 aliphatic heterocycles. The van der Waals surface area contributed by atoms with Crippen LogP contribution in [0.1, 0.15) is 24.4 Å². The van der Waals surface area contributed by atoms with Gasteiger partial charge in [-0.05, 0) is 36.2 Å². The SMILES string of the molecule is O=C1CC/C=C\[C@H]2O[C@]34C=CCN(c5ccc(Cl)cc5)C(=O)[C@H]3N(CCO)C(=O)[C@@H]4[C@H]2C(=O)N[C@H](c2ccccc2)CO1. The first kappa shape index (κ1) is 29.1. The first-order chi connectivity index (χ1) is 20.8. The zero-order chi connectivity index (χ0) is 30.1. The fraction of sp³-hybridized carbons (Fsp3) is 0.375. The van der Waals surface area contributed by atoms with Crippen LogP contribution in [0.15, 0.2) is 78.9 Å². The lowest BCUT2D eigenvalue weighted by Crippen LogP contribution is -2.55. The van der Waals surface area contributed by atoms with Gasteiger partial charge in [-0.15, -0.1) is 0 Å². The molecule has 0 radical (unpaired) electrons. The van der Waals surface area contributed by atoms with Crippen LogP contribution in [0.2, 0.25) is 5.02 Å². The summed E-state index contributed by atoms with van der Waals surface area (Å²) in [5, 5.41) is 13.4.